The van der Waals surface area contributed by atoms with Crippen molar-refractivity contribution < 1.29 is 66.1 Å². The van der Waals surface area contributed by atoms with Gasteiger partial charge in [0.15, 0.2) is 0 Å². The number of carboxylic acids is 1. The maximum atomic E-state index is 11.2. The second-order valence-corrected chi connectivity index (χ2v) is 3.65. The van der Waals surface area contributed by atoms with E-state index in [0.717, 1.165) is 12.8 Å². The first-order valence-corrected chi connectivity index (χ1v) is 4.95. The molecule has 5 heteroatoms. The Morgan fingerprint density at radius 2 is 1.87 bits per heavy atom. The molecule has 0 rings (SSSR count). The SMILES string of the molecule is CCCCC(=O)[N-]C(C(=O)O)C(C)C.[K+]. The normalized spacial score (nSPS) is 11.7. The summed E-state index contributed by atoms with van der Waals surface area (Å²) in [6.45, 7) is 5.47. The number of unbranched alkanes of at least 4 members (excludes halogenated alkanes) is 1. The van der Waals surface area contributed by atoms with Crippen LogP contribution in [-0.4, -0.2) is 23.0 Å². The smallest absolute Gasteiger partial charge is 0.642 e. The summed E-state index contributed by atoms with van der Waals surface area (Å²) in [7, 11) is 0. The van der Waals surface area contributed by atoms with E-state index in [2.05, 4.69) is 5.32 Å². The van der Waals surface area contributed by atoms with E-state index in [4.69, 9.17) is 5.11 Å². The van der Waals surface area contributed by atoms with E-state index >= 15 is 0 Å². The van der Waals surface area contributed by atoms with Crippen LogP contribution >= 0.6 is 0 Å². The van der Waals surface area contributed by atoms with Crippen LogP contribution in [0, 0.1) is 5.92 Å². The van der Waals surface area contributed by atoms with Crippen molar-refractivity contribution in [3.05, 3.63) is 5.32 Å². The van der Waals surface area contributed by atoms with Crippen LogP contribution in [0.3, 0.4) is 0 Å². The zero-order chi connectivity index (χ0) is 11.1. The molecule has 0 aromatic heterocycles. The average Bonchev–Trinajstić information content (AvgIpc) is 2.09. The Kier molecular flexibility index (Phi) is 11.7. The molecule has 0 aliphatic carbocycles. The molecule has 1 atom stereocenters. The van der Waals surface area contributed by atoms with Crippen LogP contribution < -0.4 is 51.4 Å². The molecule has 0 saturated carbocycles. The molecular formula is C10H18KNO3. The fourth-order valence-electron chi connectivity index (χ4n) is 1.04. The summed E-state index contributed by atoms with van der Waals surface area (Å²) in [5, 5.41) is 12.4. The van der Waals surface area contributed by atoms with Crippen molar-refractivity contribution in [1.82, 2.24) is 0 Å². The average molecular weight is 239 g/mol. The molecule has 0 aliphatic heterocycles. The molecule has 1 unspecified atom stereocenters. The van der Waals surface area contributed by atoms with Crippen molar-refractivity contribution in [2.45, 2.75) is 46.1 Å². The van der Waals surface area contributed by atoms with Crippen LogP contribution in [0.15, 0.2) is 0 Å². The van der Waals surface area contributed by atoms with Gasteiger partial charge >= 0.3 is 51.4 Å². The monoisotopic (exact) mass is 239 g/mol. The number of rotatable bonds is 6. The minimum Gasteiger partial charge on any atom is -0.642 e. The summed E-state index contributed by atoms with van der Waals surface area (Å²) in [4.78, 5) is 21.9. The van der Waals surface area contributed by atoms with Gasteiger partial charge in [-0.1, -0.05) is 33.1 Å². The third kappa shape index (κ3) is 8.39. The second kappa shape index (κ2) is 9.78. The summed E-state index contributed by atoms with van der Waals surface area (Å²) in [5.41, 5.74) is 0. The van der Waals surface area contributed by atoms with E-state index in [9.17, 15) is 9.59 Å². The third-order valence-electron chi connectivity index (χ3n) is 1.91. The zero-order valence-electron chi connectivity index (χ0n) is 9.99. The molecule has 1 amide bonds. The summed E-state index contributed by atoms with van der Waals surface area (Å²) in [6.07, 6.45) is 2.04. The van der Waals surface area contributed by atoms with Crippen LogP contribution in [-0.2, 0) is 9.59 Å². The minimum absolute atomic E-state index is 0. The van der Waals surface area contributed by atoms with E-state index in [1.165, 1.54) is 0 Å². The van der Waals surface area contributed by atoms with Crippen molar-refractivity contribution in [2.75, 3.05) is 0 Å². The van der Waals surface area contributed by atoms with E-state index in [0.29, 0.717) is 6.42 Å². The van der Waals surface area contributed by atoms with E-state index in [1.807, 2.05) is 6.92 Å². The van der Waals surface area contributed by atoms with Crippen LogP contribution in [0.5, 0.6) is 0 Å². The number of nitrogens with zero attached hydrogens (tertiary/aromatic N) is 1. The standard InChI is InChI=1S/C10H19NO3.K/c1-4-5-6-8(12)11-9(7(2)3)10(13)14;/h7,9H,4-6H2,1-3H3,(H2,11,12,13,14);/q;+1/p-1. The van der Waals surface area contributed by atoms with Gasteiger partial charge in [-0.3, -0.25) is 4.79 Å². The van der Waals surface area contributed by atoms with Gasteiger partial charge in [0.05, 0.1) is 5.91 Å². The second-order valence-electron chi connectivity index (χ2n) is 3.65. The Balaban J connectivity index is 0. The third-order valence-corrected chi connectivity index (χ3v) is 1.91. The molecule has 0 radical (unpaired) electrons. The molecule has 0 spiro atoms. The van der Waals surface area contributed by atoms with Gasteiger partial charge < -0.3 is 15.2 Å². The largest absolute Gasteiger partial charge is 1.00 e. The molecule has 1 N–H and O–H groups in total. The molecule has 82 valence electrons. The number of aliphatic carboxylic acids is 1. The summed E-state index contributed by atoms with van der Waals surface area (Å²) in [6, 6.07) is -0.889. The topological polar surface area (TPSA) is 68.5 Å². The number of hydrogen-bond donors (Lipinski definition) is 1. The van der Waals surface area contributed by atoms with Gasteiger partial charge in [0, 0.05) is 0 Å². The van der Waals surface area contributed by atoms with Gasteiger partial charge in [-0.05, 0) is 18.9 Å². The van der Waals surface area contributed by atoms with Crippen molar-refractivity contribution in [2.24, 2.45) is 5.92 Å². The van der Waals surface area contributed by atoms with E-state index < -0.39 is 12.0 Å². The molecule has 0 aliphatic rings. The first-order chi connectivity index (χ1) is 6.49. The molecule has 0 fully saturated rings. The molecule has 0 heterocycles. The number of carboxylic acid groups (broad SMARTS) is 1. The molecule has 0 aromatic carbocycles. The van der Waals surface area contributed by atoms with Crippen LogP contribution in [0.2, 0.25) is 0 Å². The van der Waals surface area contributed by atoms with Gasteiger partial charge in [0.2, 0.25) is 0 Å². The first kappa shape index (κ1) is 18.0. The predicted molar refractivity (Wildman–Crippen MR) is 54.2 cm³/mol. The number of carbonyl (C=O) groups is 2. The van der Waals surface area contributed by atoms with E-state index in [-0.39, 0.29) is 63.2 Å². The van der Waals surface area contributed by atoms with Gasteiger partial charge in [-0.15, -0.1) is 0 Å². The summed E-state index contributed by atoms with van der Waals surface area (Å²) < 4.78 is 0. The fourth-order valence-corrected chi connectivity index (χ4v) is 1.04. The predicted octanol–water partition coefficient (Wildman–Crippen LogP) is -0.810. The maximum absolute atomic E-state index is 11.2. The van der Waals surface area contributed by atoms with Gasteiger partial charge in [0.1, 0.15) is 0 Å². The molecular weight excluding hydrogens is 221 g/mol. The Morgan fingerprint density at radius 3 is 2.20 bits per heavy atom. The minimum atomic E-state index is -1.02. The number of carbonyl (C=O) groups excluding carboxylic acids is 1. The summed E-state index contributed by atoms with van der Waals surface area (Å²) >= 11 is 0. The number of hydrogen-bond acceptors (Lipinski definition) is 2. The number of amides is 1. The Labute approximate surface area is 134 Å². The Hall–Kier alpha value is 0.576. The van der Waals surface area contributed by atoms with Crippen LogP contribution in [0.4, 0.5) is 0 Å². The van der Waals surface area contributed by atoms with Crippen LogP contribution in [0.25, 0.3) is 5.32 Å². The molecule has 0 saturated heterocycles. The fraction of sp³-hybridized carbons (Fsp3) is 0.800. The first-order valence-electron chi connectivity index (χ1n) is 4.95. The van der Waals surface area contributed by atoms with Gasteiger partial charge in [0.25, 0.3) is 5.97 Å². The van der Waals surface area contributed by atoms with Crippen molar-refractivity contribution in [3.63, 3.8) is 0 Å². The molecule has 0 bridgehead atoms. The molecule has 15 heavy (non-hydrogen) atoms. The zero-order valence-corrected chi connectivity index (χ0v) is 13.1. The van der Waals surface area contributed by atoms with Crippen molar-refractivity contribution in [3.8, 4) is 0 Å². The molecule has 4 nitrogen and oxygen atoms in total. The van der Waals surface area contributed by atoms with Crippen LogP contribution in [0.1, 0.15) is 40.0 Å². The van der Waals surface area contributed by atoms with Crippen molar-refractivity contribution >= 4 is 11.9 Å². The Morgan fingerprint density at radius 1 is 1.33 bits per heavy atom. The molecule has 0 aromatic rings. The maximum Gasteiger partial charge on any atom is 1.00 e. The van der Waals surface area contributed by atoms with Crippen molar-refractivity contribution in [1.29, 1.82) is 0 Å². The van der Waals surface area contributed by atoms with Gasteiger partial charge in [-0.2, -0.15) is 0 Å². The van der Waals surface area contributed by atoms with Gasteiger partial charge in [-0.25, -0.2) is 0 Å². The summed E-state index contributed by atoms with van der Waals surface area (Å²) in [5.74, 6) is -1.46. The van der Waals surface area contributed by atoms with E-state index in [1.54, 1.807) is 13.8 Å². The quantitative estimate of drug-likeness (QED) is 0.616. The Bertz CT molecular complexity index is 207.